The van der Waals surface area contributed by atoms with Crippen molar-refractivity contribution in [3.05, 3.63) is 47.0 Å². The normalized spacial score (nSPS) is 19.5. The number of hydrogen-bond acceptors (Lipinski definition) is 5. The van der Waals surface area contributed by atoms with Gasteiger partial charge in [0, 0.05) is 6.42 Å². The van der Waals surface area contributed by atoms with Crippen LogP contribution in [0.1, 0.15) is 31.4 Å². The lowest BCUT2D eigenvalue weighted by Gasteiger charge is -2.14. The summed E-state index contributed by atoms with van der Waals surface area (Å²) in [6.45, 7) is 2.01. The van der Waals surface area contributed by atoms with E-state index in [2.05, 4.69) is 11.8 Å². The maximum atomic E-state index is 12.3. The molecule has 0 unspecified atom stereocenters. The maximum Gasteiger partial charge on any atom is 0.338 e. The van der Waals surface area contributed by atoms with E-state index in [0.29, 0.717) is 6.42 Å². The minimum Gasteiger partial charge on any atom is -0.466 e. The van der Waals surface area contributed by atoms with Crippen LogP contribution >= 0.6 is 0 Å². The van der Waals surface area contributed by atoms with Crippen molar-refractivity contribution in [2.24, 2.45) is 0 Å². The van der Waals surface area contributed by atoms with Gasteiger partial charge in [0.15, 0.2) is 6.10 Å². The van der Waals surface area contributed by atoms with Crippen molar-refractivity contribution in [3.8, 4) is 11.8 Å². The van der Waals surface area contributed by atoms with Crippen LogP contribution in [0.25, 0.3) is 0 Å². The molecule has 5 heteroatoms. The lowest BCUT2D eigenvalue weighted by Crippen LogP contribution is -2.18. The molecule has 5 nitrogen and oxygen atoms in total. The van der Waals surface area contributed by atoms with Crippen LogP contribution in [-0.4, -0.2) is 32.3 Å². The third kappa shape index (κ3) is 3.66. The molecule has 1 aromatic carbocycles. The molecule has 0 spiro atoms. The van der Waals surface area contributed by atoms with E-state index >= 15 is 0 Å². The average Bonchev–Trinajstić information content (AvgIpc) is 3.01. The number of carbonyl (C=O) groups is 2. The molecule has 0 saturated heterocycles. The summed E-state index contributed by atoms with van der Waals surface area (Å²) in [5, 5.41) is 0. The van der Waals surface area contributed by atoms with Gasteiger partial charge in [0.2, 0.25) is 0 Å². The number of carbonyl (C=O) groups excluding carboxylic acids is 2. The molecule has 2 rings (SSSR count). The van der Waals surface area contributed by atoms with Gasteiger partial charge in [-0.25, -0.2) is 9.59 Å². The summed E-state index contributed by atoms with van der Waals surface area (Å²) >= 11 is 0. The second-order valence-corrected chi connectivity index (χ2v) is 5.19. The monoisotopic (exact) mass is 328 g/mol. The highest BCUT2D eigenvalue weighted by Crippen LogP contribution is 2.39. The van der Waals surface area contributed by atoms with E-state index < -0.39 is 24.1 Å². The molecule has 0 fully saturated rings. The number of unbranched alkanes of at least 4 members (excludes halogenated alkanes) is 1. The molecular weight excluding hydrogens is 308 g/mol. The maximum absolute atomic E-state index is 12.3. The molecule has 1 aromatic rings. The first kappa shape index (κ1) is 17.8. The smallest absolute Gasteiger partial charge is 0.338 e. The van der Waals surface area contributed by atoms with Gasteiger partial charge in [-0.2, -0.15) is 0 Å². The van der Waals surface area contributed by atoms with Gasteiger partial charge in [-0.15, -0.1) is 5.92 Å². The predicted octanol–water partition coefficient (Wildman–Crippen LogP) is 2.57. The Bertz CT molecular complexity index is 693. The standard InChI is InChI=1S/C19H20O5/c1-4-5-7-12-14-15(18(20)22-2)16(19(21)23-3)17(24-14)13-10-8-6-9-11-13/h6,8-11,14,17H,4-5H2,1-3H3/t14-,17+/m0/s1. The van der Waals surface area contributed by atoms with E-state index in [0.717, 1.165) is 12.0 Å². The van der Waals surface area contributed by atoms with Crippen molar-refractivity contribution in [1.82, 2.24) is 0 Å². The Kier molecular flexibility index (Phi) is 6.16. The first-order valence-corrected chi connectivity index (χ1v) is 7.73. The average molecular weight is 328 g/mol. The van der Waals surface area contributed by atoms with Crippen LogP contribution in [0.2, 0.25) is 0 Å². The highest BCUT2D eigenvalue weighted by Gasteiger charge is 2.42. The summed E-state index contributed by atoms with van der Waals surface area (Å²) < 4.78 is 15.6. The quantitative estimate of drug-likeness (QED) is 0.628. The topological polar surface area (TPSA) is 61.8 Å². The Morgan fingerprint density at radius 3 is 2.29 bits per heavy atom. The third-order valence-electron chi connectivity index (χ3n) is 3.61. The van der Waals surface area contributed by atoms with Gasteiger partial charge in [-0.3, -0.25) is 0 Å². The van der Waals surface area contributed by atoms with Crippen molar-refractivity contribution in [2.45, 2.75) is 32.0 Å². The molecule has 0 N–H and O–H groups in total. The number of hydrogen-bond donors (Lipinski definition) is 0. The highest BCUT2D eigenvalue weighted by atomic mass is 16.5. The van der Waals surface area contributed by atoms with Crippen molar-refractivity contribution in [2.75, 3.05) is 14.2 Å². The van der Waals surface area contributed by atoms with Crippen LogP contribution in [0.5, 0.6) is 0 Å². The van der Waals surface area contributed by atoms with Gasteiger partial charge in [0.1, 0.15) is 6.10 Å². The van der Waals surface area contributed by atoms with Crippen LogP contribution < -0.4 is 0 Å². The second kappa shape index (κ2) is 8.32. The summed E-state index contributed by atoms with van der Waals surface area (Å²) in [6, 6.07) is 9.18. The lowest BCUT2D eigenvalue weighted by molar-refractivity contribution is -0.139. The molecular formula is C19H20O5. The molecule has 24 heavy (non-hydrogen) atoms. The van der Waals surface area contributed by atoms with E-state index in [9.17, 15) is 9.59 Å². The predicted molar refractivity (Wildman–Crippen MR) is 87.8 cm³/mol. The summed E-state index contributed by atoms with van der Waals surface area (Å²) in [6.07, 6.45) is 0.0397. The Hall–Kier alpha value is -2.58. The SMILES string of the molecule is CCCC#C[C@@H]1O[C@H](c2ccccc2)C(C(=O)OC)=C1C(=O)OC. The highest BCUT2D eigenvalue weighted by molar-refractivity contribution is 6.03. The molecule has 126 valence electrons. The first-order chi connectivity index (χ1) is 11.6. The van der Waals surface area contributed by atoms with Crippen LogP contribution in [0, 0.1) is 11.8 Å². The van der Waals surface area contributed by atoms with E-state index in [-0.39, 0.29) is 11.1 Å². The van der Waals surface area contributed by atoms with Crippen LogP contribution in [0.15, 0.2) is 41.5 Å². The Morgan fingerprint density at radius 2 is 1.71 bits per heavy atom. The number of esters is 2. The van der Waals surface area contributed by atoms with Gasteiger partial charge in [0.05, 0.1) is 25.4 Å². The van der Waals surface area contributed by atoms with Crippen molar-refractivity contribution >= 4 is 11.9 Å². The minimum absolute atomic E-state index is 0.113. The molecule has 0 bridgehead atoms. The molecule has 1 heterocycles. The fraction of sp³-hybridized carbons (Fsp3) is 0.368. The van der Waals surface area contributed by atoms with Gasteiger partial charge in [-0.05, 0) is 12.0 Å². The van der Waals surface area contributed by atoms with Gasteiger partial charge < -0.3 is 14.2 Å². The third-order valence-corrected chi connectivity index (χ3v) is 3.61. The molecule has 1 aliphatic rings. The van der Waals surface area contributed by atoms with Gasteiger partial charge in [0.25, 0.3) is 0 Å². The summed E-state index contributed by atoms with van der Waals surface area (Å²) in [4.78, 5) is 24.5. The van der Waals surface area contributed by atoms with E-state index in [1.54, 1.807) is 0 Å². The number of rotatable bonds is 4. The number of ether oxygens (including phenoxy) is 3. The Balaban J connectivity index is 2.54. The summed E-state index contributed by atoms with van der Waals surface area (Å²) in [7, 11) is 2.53. The molecule has 0 saturated carbocycles. The van der Waals surface area contributed by atoms with Crippen LogP contribution in [-0.2, 0) is 23.8 Å². The molecule has 0 radical (unpaired) electrons. The van der Waals surface area contributed by atoms with Crippen LogP contribution in [0.3, 0.4) is 0 Å². The Labute approximate surface area is 141 Å². The zero-order valence-electron chi connectivity index (χ0n) is 14.0. The summed E-state index contributed by atoms with van der Waals surface area (Å²) in [5.41, 5.74) is 1.01. The summed E-state index contributed by atoms with van der Waals surface area (Å²) in [5.74, 6) is 4.63. The van der Waals surface area contributed by atoms with Crippen molar-refractivity contribution in [3.63, 3.8) is 0 Å². The molecule has 2 atom stereocenters. The van der Waals surface area contributed by atoms with Crippen molar-refractivity contribution in [1.29, 1.82) is 0 Å². The molecule has 0 aromatic heterocycles. The van der Waals surface area contributed by atoms with E-state index in [1.807, 2.05) is 37.3 Å². The van der Waals surface area contributed by atoms with E-state index in [4.69, 9.17) is 14.2 Å². The molecule has 1 aliphatic heterocycles. The minimum atomic E-state index is -0.816. The Morgan fingerprint density at radius 1 is 1.08 bits per heavy atom. The molecule has 0 amide bonds. The zero-order valence-corrected chi connectivity index (χ0v) is 14.0. The molecule has 0 aliphatic carbocycles. The van der Waals surface area contributed by atoms with Gasteiger partial charge >= 0.3 is 11.9 Å². The first-order valence-electron chi connectivity index (χ1n) is 7.73. The number of methoxy groups -OCH3 is 2. The van der Waals surface area contributed by atoms with Crippen LogP contribution in [0.4, 0.5) is 0 Å². The van der Waals surface area contributed by atoms with E-state index in [1.165, 1.54) is 14.2 Å². The van der Waals surface area contributed by atoms with Crippen molar-refractivity contribution < 1.29 is 23.8 Å². The zero-order chi connectivity index (χ0) is 17.5. The fourth-order valence-corrected chi connectivity index (χ4v) is 2.48. The lowest BCUT2D eigenvalue weighted by atomic mass is 9.97. The van der Waals surface area contributed by atoms with Gasteiger partial charge in [-0.1, -0.05) is 43.2 Å². The number of benzene rings is 1. The second-order valence-electron chi connectivity index (χ2n) is 5.19. The largest absolute Gasteiger partial charge is 0.466 e. The fourth-order valence-electron chi connectivity index (χ4n) is 2.48.